The summed E-state index contributed by atoms with van der Waals surface area (Å²) in [7, 11) is 3.24. The highest BCUT2D eigenvalue weighted by molar-refractivity contribution is 5.70. The molecule has 0 radical (unpaired) electrons. The Balaban J connectivity index is 1.93. The lowest BCUT2D eigenvalue weighted by atomic mass is 9.96. The van der Waals surface area contributed by atoms with E-state index in [1.165, 1.54) is 0 Å². The standard InChI is InChI=1S/C16H23NO4/c1-20-14-8-4-6-12(15(14)21-2)10-17-9-11-5-3-7-13(11)16(18)19/h4,6,8,11,13,17H,3,5,7,9-10H2,1-2H3,(H,18,19). The lowest BCUT2D eigenvalue weighted by Gasteiger charge is -2.17. The zero-order valence-corrected chi connectivity index (χ0v) is 12.6. The van der Waals surface area contributed by atoms with E-state index in [4.69, 9.17) is 9.47 Å². The van der Waals surface area contributed by atoms with Crippen molar-refractivity contribution in [1.82, 2.24) is 5.32 Å². The summed E-state index contributed by atoms with van der Waals surface area (Å²) in [5.74, 6) is 0.789. The number of nitrogens with one attached hydrogen (secondary N) is 1. The van der Waals surface area contributed by atoms with E-state index < -0.39 is 5.97 Å². The third-order valence-corrected chi connectivity index (χ3v) is 4.18. The van der Waals surface area contributed by atoms with E-state index in [1.54, 1.807) is 14.2 Å². The molecular formula is C16H23NO4. The van der Waals surface area contributed by atoms with Crippen LogP contribution in [0.15, 0.2) is 18.2 Å². The fourth-order valence-corrected chi connectivity index (χ4v) is 3.09. The summed E-state index contributed by atoms with van der Waals surface area (Å²) >= 11 is 0. The minimum Gasteiger partial charge on any atom is -0.493 e. The maximum atomic E-state index is 11.2. The zero-order chi connectivity index (χ0) is 15.2. The first-order valence-electron chi connectivity index (χ1n) is 7.30. The van der Waals surface area contributed by atoms with Gasteiger partial charge in [0.1, 0.15) is 0 Å². The number of para-hydroxylation sites is 1. The molecule has 0 aliphatic heterocycles. The summed E-state index contributed by atoms with van der Waals surface area (Å²) < 4.78 is 10.7. The molecule has 5 heteroatoms. The Morgan fingerprint density at radius 3 is 2.81 bits per heavy atom. The molecule has 2 rings (SSSR count). The minimum atomic E-state index is -0.668. The predicted octanol–water partition coefficient (Wildman–Crippen LogP) is 2.29. The average Bonchev–Trinajstić information content (AvgIpc) is 2.95. The van der Waals surface area contributed by atoms with Crippen LogP contribution < -0.4 is 14.8 Å². The van der Waals surface area contributed by atoms with Gasteiger partial charge in [-0.05, 0) is 31.4 Å². The zero-order valence-electron chi connectivity index (χ0n) is 12.6. The van der Waals surface area contributed by atoms with Crippen molar-refractivity contribution in [3.8, 4) is 11.5 Å². The number of aliphatic carboxylic acids is 1. The maximum Gasteiger partial charge on any atom is 0.306 e. The van der Waals surface area contributed by atoms with Gasteiger partial charge in [0.25, 0.3) is 0 Å². The Morgan fingerprint density at radius 1 is 1.33 bits per heavy atom. The largest absolute Gasteiger partial charge is 0.493 e. The van der Waals surface area contributed by atoms with Crippen LogP contribution in [0.5, 0.6) is 11.5 Å². The van der Waals surface area contributed by atoms with Crippen molar-refractivity contribution in [3.05, 3.63) is 23.8 Å². The van der Waals surface area contributed by atoms with Crippen LogP contribution in [-0.4, -0.2) is 31.8 Å². The molecule has 2 atom stereocenters. The van der Waals surface area contributed by atoms with Gasteiger partial charge in [0.15, 0.2) is 11.5 Å². The van der Waals surface area contributed by atoms with E-state index in [9.17, 15) is 9.90 Å². The lowest BCUT2D eigenvalue weighted by Crippen LogP contribution is -2.28. The van der Waals surface area contributed by atoms with Gasteiger partial charge < -0.3 is 19.9 Å². The SMILES string of the molecule is COc1cccc(CNCC2CCCC2C(=O)O)c1OC. The number of benzene rings is 1. The quantitative estimate of drug-likeness (QED) is 0.807. The second kappa shape index (κ2) is 7.31. The van der Waals surface area contributed by atoms with Gasteiger partial charge in [0.05, 0.1) is 20.1 Å². The first kappa shape index (κ1) is 15.6. The van der Waals surface area contributed by atoms with Gasteiger partial charge >= 0.3 is 5.97 Å². The summed E-state index contributed by atoms with van der Waals surface area (Å²) in [4.78, 5) is 11.2. The van der Waals surface area contributed by atoms with Crippen molar-refractivity contribution in [2.75, 3.05) is 20.8 Å². The summed E-state index contributed by atoms with van der Waals surface area (Å²) in [6, 6.07) is 5.77. The number of hydrogen-bond donors (Lipinski definition) is 2. The van der Waals surface area contributed by atoms with Gasteiger partial charge in [-0.3, -0.25) is 4.79 Å². The van der Waals surface area contributed by atoms with Gasteiger partial charge in [-0.25, -0.2) is 0 Å². The number of methoxy groups -OCH3 is 2. The number of ether oxygens (including phenoxy) is 2. The highest BCUT2D eigenvalue weighted by Gasteiger charge is 2.32. The second-order valence-corrected chi connectivity index (χ2v) is 5.42. The smallest absolute Gasteiger partial charge is 0.306 e. The van der Waals surface area contributed by atoms with Gasteiger partial charge in [-0.1, -0.05) is 18.6 Å². The minimum absolute atomic E-state index is 0.204. The second-order valence-electron chi connectivity index (χ2n) is 5.42. The van der Waals surface area contributed by atoms with Crippen LogP contribution in [0.25, 0.3) is 0 Å². The normalized spacial score (nSPS) is 21.2. The van der Waals surface area contributed by atoms with Crippen LogP contribution in [-0.2, 0) is 11.3 Å². The topological polar surface area (TPSA) is 67.8 Å². The molecule has 21 heavy (non-hydrogen) atoms. The lowest BCUT2D eigenvalue weighted by molar-refractivity contribution is -0.142. The predicted molar refractivity (Wildman–Crippen MR) is 79.7 cm³/mol. The van der Waals surface area contributed by atoms with Crippen molar-refractivity contribution in [1.29, 1.82) is 0 Å². The Labute approximate surface area is 125 Å². The highest BCUT2D eigenvalue weighted by Crippen LogP contribution is 2.32. The van der Waals surface area contributed by atoms with E-state index in [1.807, 2.05) is 18.2 Å². The van der Waals surface area contributed by atoms with Crippen LogP contribution in [0.2, 0.25) is 0 Å². The Morgan fingerprint density at radius 2 is 2.14 bits per heavy atom. The van der Waals surface area contributed by atoms with Crippen LogP contribution in [0, 0.1) is 11.8 Å². The van der Waals surface area contributed by atoms with E-state index in [0.29, 0.717) is 12.3 Å². The molecule has 1 aromatic rings. The Hall–Kier alpha value is -1.75. The van der Waals surface area contributed by atoms with E-state index >= 15 is 0 Å². The first-order chi connectivity index (χ1) is 10.2. The molecule has 0 spiro atoms. The van der Waals surface area contributed by atoms with Gasteiger partial charge in [0, 0.05) is 12.1 Å². The summed E-state index contributed by atoms with van der Waals surface area (Å²) in [5.41, 5.74) is 1.02. The van der Waals surface area contributed by atoms with Crippen molar-refractivity contribution in [2.45, 2.75) is 25.8 Å². The molecule has 1 fully saturated rings. The number of hydrogen-bond acceptors (Lipinski definition) is 4. The molecule has 1 aromatic carbocycles. The van der Waals surface area contributed by atoms with E-state index in [0.717, 1.165) is 37.1 Å². The average molecular weight is 293 g/mol. The summed E-state index contributed by atoms with van der Waals surface area (Å²) in [6.07, 6.45) is 2.79. The fraction of sp³-hybridized carbons (Fsp3) is 0.562. The maximum absolute atomic E-state index is 11.2. The van der Waals surface area contributed by atoms with Crippen molar-refractivity contribution < 1.29 is 19.4 Å². The number of carboxylic acids is 1. The van der Waals surface area contributed by atoms with Crippen LogP contribution in [0.4, 0.5) is 0 Å². The van der Waals surface area contributed by atoms with Crippen molar-refractivity contribution in [3.63, 3.8) is 0 Å². The molecule has 2 unspecified atom stereocenters. The van der Waals surface area contributed by atoms with Gasteiger partial charge in [-0.2, -0.15) is 0 Å². The van der Waals surface area contributed by atoms with Crippen LogP contribution >= 0.6 is 0 Å². The number of rotatable bonds is 7. The molecule has 2 N–H and O–H groups in total. The molecule has 0 saturated heterocycles. The monoisotopic (exact) mass is 293 g/mol. The third-order valence-electron chi connectivity index (χ3n) is 4.18. The molecule has 1 saturated carbocycles. The van der Waals surface area contributed by atoms with Gasteiger partial charge in [-0.15, -0.1) is 0 Å². The summed E-state index contributed by atoms with van der Waals surface area (Å²) in [6.45, 7) is 1.36. The Kier molecular flexibility index (Phi) is 5.44. The third kappa shape index (κ3) is 3.67. The van der Waals surface area contributed by atoms with Gasteiger partial charge in [0.2, 0.25) is 0 Å². The van der Waals surface area contributed by atoms with Crippen LogP contribution in [0.1, 0.15) is 24.8 Å². The van der Waals surface area contributed by atoms with Crippen molar-refractivity contribution in [2.24, 2.45) is 11.8 Å². The molecule has 0 aromatic heterocycles. The molecule has 1 aliphatic carbocycles. The highest BCUT2D eigenvalue weighted by atomic mass is 16.5. The summed E-state index contributed by atoms with van der Waals surface area (Å²) in [5, 5.41) is 12.5. The molecule has 116 valence electrons. The van der Waals surface area contributed by atoms with Crippen molar-refractivity contribution >= 4 is 5.97 Å². The first-order valence-corrected chi connectivity index (χ1v) is 7.30. The van der Waals surface area contributed by atoms with Crippen LogP contribution in [0.3, 0.4) is 0 Å². The molecule has 1 aliphatic rings. The Bertz CT molecular complexity index is 489. The molecule has 0 bridgehead atoms. The van der Waals surface area contributed by atoms with E-state index in [-0.39, 0.29) is 11.8 Å². The fourth-order valence-electron chi connectivity index (χ4n) is 3.09. The number of carboxylic acid groups (broad SMARTS) is 1. The molecule has 0 amide bonds. The van der Waals surface area contributed by atoms with E-state index in [2.05, 4.69) is 5.32 Å². The molecule has 0 heterocycles. The molecular weight excluding hydrogens is 270 g/mol. The molecule has 5 nitrogen and oxygen atoms in total. The number of carbonyl (C=O) groups is 1.